The maximum Gasteiger partial charge on any atom is 0.451 e. The van der Waals surface area contributed by atoms with Crippen LogP contribution in [0.1, 0.15) is 29.9 Å². The molecule has 0 fully saturated rings. The molecule has 7 heteroatoms. The molecule has 2 aromatic carbocycles. The topological polar surface area (TPSA) is 41.1 Å². The number of aromatic nitrogens is 2. The van der Waals surface area contributed by atoms with Crippen molar-refractivity contribution >= 4 is 16.7 Å². The second-order valence-electron chi connectivity index (χ2n) is 6.87. The van der Waals surface area contributed by atoms with Gasteiger partial charge in [0, 0.05) is 11.9 Å². The molecule has 3 aromatic rings. The van der Waals surface area contributed by atoms with Gasteiger partial charge >= 0.3 is 6.18 Å². The number of likely N-dealkylation sites (N-methyl/N-ethyl adjacent to an activating group) is 1. The number of benzene rings is 2. The molecule has 0 aliphatic heterocycles. The molecule has 0 bridgehead atoms. The average molecular weight is 388 g/mol. The second-order valence-corrected chi connectivity index (χ2v) is 6.87. The van der Waals surface area contributed by atoms with Crippen molar-refractivity contribution < 1.29 is 13.2 Å². The lowest BCUT2D eigenvalue weighted by molar-refractivity contribution is -0.144. The fourth-order valence-electron chi connectivity index (χ4n) is 3.11. The molecule has 0 aliphatic rings. The van der Waals surface area contributed by atoms with Gasteiger partial charge in [-0.15, -0.1) is 0 Å². The van der Waals surface area contributed by atoms with Crippen LogP contribution in [0.2, 0.25) is 0 Å². The fraction of sp³-hybridized carbons (Fsp3) is 0.333. The molecule has 1 heterocycles. The Bertz CT molecular complexity index is 937. The van der Waals surface area contributed by atoms with Gasteiger partial charge in [-0.3, -0.25) is 0 Å². The highest BCUT2D eigenvalue weighted by Gasteiger charge is 2.35. The Hall–Kier alpha value is -2.67. The van der Waals surface area contributed by atoms with Crippen molar-refractivity contribution in [2.24, 2.45) is 0 Å². The van der Waals surface area contributed by atoms with Crippen LogP contribution >= 0.6 is 0 Å². The van der Waals surface area contributed by atoms with E-state index >= 15 is 0 Å². The van der Waals surface area contributed by atoms with Crippen molar-refractivity contribution in [2.75, 3.05) is 26.0 Å². The van der Waals surface area contributed by atoms with E-state index in [9.17, 15) is 13.2 Å². The van der Waals surface area contributed by atoms with E-state index in [0.29, 0.717) is 11.9 Å². The quantitative estimate of drug-likeness (QED) is 0.650. The first-order chi connectivity index (χ1) is 13.3. The molecule has 0 amide bonds. The summed E-state index contributed by atoms with van der Waals surface area (Å²) in [7, 11) is 3.89. The standard InChI is InChI=1S/C21H23F3N4/c1-4-14-9-11-15(12-10-14)18(28(2)3)13-25-19-16-7-5-6-8-17(16)26-20(27-19)21(22,23)24/h5-12,18H,4,13H2,1-3H3,(H,25,26,27)/t18-/m1/s1. The summed E-state index contributed by atoms with van der Waals surface area (Å²) >= 11 is 0. The largest absolute Gasteiger partial charge is 0.451 e. The number of halogens is 3. The molecule has 0 unspecified atom stereocenters. The number of alkyl halides is 3. The van der Waals surface area contributed by atoms with E-state index in [2.05, 4.69) is 46.5 Å². The zero-order chi connectivity index (χ0) is 20.3. The van der Waals surface area contributed by atoms with Crippen LogP contribution in [0, 0.1) is 0 Å². The van der Waals surface area contributed by atoms with Crippen molar-refractivity contribution in [3.63, 3.8) is 0 Å². The minimum atomic E-state index is -4.60. The summed E-state index contributed by atoms with van der Waals surface area (Å²) in [5.74, 6) is -0.947. The van der Waals surface area contributed by atoms with Gasteiger partial charge in [-0.05, 0) is 43.8 Å². The Labute approximate surface area is 162 Å². The van der Waals surface area contributed by atoms with Gasteiger partial charge in [0.15, 0.2) is 0 Å². The summed E-state index contributed by atoms with van der Waals surface area (Å²) in [5.41, 5.74) is 2.59. The second kappa shape index (κ2) is 8.14. The number of nitrogens with one attached hydrogen (secondary N) is 1. The molecule has 1 atom stereocenters. The number of anilines is 1. The van der Waals surface area contributed by atoms with E-state index in [0.717, 1.165) is 12.0 Å². The van der Waals surface area contributed by atoms with Crippen molar-refractivity contribution in [3.05, 3.63) is 65.5 Å². The molecule has 3 rings (SSSR count). The van der Waals surface area contributed by atoms with Crippen LogP contribution in [0.4, 0.5) is 19.0 Å². The maximum absolute atomic E-state index is 13.2. The van der Waals surface area contributed by atoms with Crippen LogP contribution < -0.4 is 5.32 Å². The van der Waals surface area contributed by atoms with Crippen LogP contribution in [0.25, 0.3) is 10.9 Å². The van der Waals surface area contributed by atoms with Crippen molar-refractivity contribution in [3.8, 4) is 0 Å². The molecule has 1 N–H and O–H groups in total. The monoisotopic (exact) mass is 388 g/mol. The number of nitrogens with zero attached hydrogens (tertiary/aromatic N) is 3. The first kappa shape index (κ1) is 20.1. The van der Waals surface area contributed by atoms with Gasteiger partial charge in [-0.25, -0.2) is 9.97 Å². The number of hydrogen-bond acceptors (Lipinski definition) is 4. The lowest BCUT2D eigenvalue weighted by Gasteiger charge is -2.26. The third kappa shape index (κ3) is 4.42. The molecule has 0 spiro atoms. The highest BCUT2D eigenvalue weighted by Crippen LogP contribution is 2.30. The molecule has 4 nitrogen and oxygen atoms in total. The molecular weight excluding hydrogens is 365 g/mol. The molecule has 0 saturated carbocycles. The van der Waals surface area contributed by atoms with Crippen LogP contribution in [-0.2, 0) is 12.6 Å². The van der Waals surface area contributed by atoms with Crippen molar-refractivity contribution in [2.45, 2.75) is 25.6 Å². The Balaban J connectivity index is 1.91. The van der Waals surface area contributed by atoms with Gasteiger partial charge in [-0.2, -0.15) is 13.2 Å². The predicted octanol–water partition coefficient (Wildman–Crippen LogP) is 4.93. The Morgan fingerprint density at radius 2 is 1.68 bits per heavy atom. The van der Waals surface area contributed by atoms with E-state index < -0.39 is 12.0 Å². The number of para-hydroxylation sites is 1. The van der Waals surface area contributed by atoms with E-state index in [-0.39, 0.29) is 17.4 Å². The summed E-state index contributed by atoms with van der Waals surface area (Å²) < 4.78 is 39.6. The molecule has 28 heavy (non-hydrogen) atoms. The summed E-state index contributed by atoms with van der Waals surface area (Å²) in [6, 6.07) is 15.0. The van der Waals surface area contributed by atoms with E-state index in [1.54, 1.807) is 24.3 Å². The van der Waals surface area contributed by atoms with E-state index in [1.807, 2.05) is 19.0 Å². The van der Waals surface area contributed by atoms with E-state index in [1.165, 1.54) is 5.56 Å². The smallest absolute Gasteiger partial charge is 0.368 e. The molecule has 148 valence electrons. The Morgan fingerprint density at radius 1 is 1.00 bits per heavy atom. The number of fused-ring (bicyclic) bond motifs is 1. The van der Waals surface area contributed by atoms with Crippen LogP contribution in [0.3, 0.4) is 0 Å². The van der Waals surface area contributed by atoms with Crippen LogP contribution in [0.15, 0.2) is 48.5 Å². The molecule has 0 saturated heterocycles. The first-order valence-corrected chi connectivity index (χ1v) is 9.12. The lowest BCUT2D eigenvalue weighted by Crippen LogP contribution is -2.27. The highest BCUT2D eigenvalue weighted by molar-refractivity contribution is 5.89. The summed E-state index contributed by atoms with van der Waals surface area (Å²) in [5, 5.41) is 3.68. The summed E-state index contributed by atoms with van der Waals surface area (Å²) in [6.45, 7) is 2.51. The Morgan fingerprint density at radius 3 is 2.29 bits per heavy atom. The van der Waals surface area contributed by atoms with E-state index in [4.69, 9.17) is 0 Å². The zero-order valence-electron chi connectivity index (χ0n) is 16.1. The summed E-state index contributed by atoms with van der Waals surface area (Å²) in [6.07, 6.45) is -3.64. The average Bonchev–Trinajstić information content (AvgIpc) is 2.67. The number of hydrogen-bond donors (Lipinski definition) is 1. The van der Waals surface area contributed by atoms with Gasteiger partial charge in [0.1, 0.15) is 5.82 Å². The number of rotatable bonds is 6. The molecule has 0 aliphatic carbocycles. The highest BCUT2D eigenvalue weighted by atomic mass is 19.4. The number of aryl methyl sites for hydroxylation is 1. The zero-order valence-corrected chi connectivity index (χ0v) is 16.1. The predicted molar refractivity (Wildman–Crippen MR) is 105 cm³/mol. The van der Waals surface area contributed by atoms with Crippen molar-refractivity contribution in [1.82, 2.24) is 14.9 Å². The van der Waals surface area contributed by atoms with Gasteiger partial charge in [0.25, 0.3) is 0 Å². The maximum atomic E-state index is 13.2. The SMILES string of the molecule is CCc1ccc([C@@H](CNc2nc(C(F)(F)F)nc3ccccc23)N(C)C)cc1. The Kier molecular flexibility index (Phi) is 5.84. The molecule has 0 radical (unpaired) electrons. The van der Waals surface area contributed by atoms with Gasteiger partial charge < -0.3 is 10.2 Å². The van der Waals surface area contributed by atoms with Gasteiger partial charge in [0.2, 0.25) is 5.82 Å². The lowest BCUT2D eigenvalue weighted by atomic mass is 10.0. The van der Waals surface area contributed by atoms with Gasteiger partial charge in [0.05, 0.1) is 11.6 Å². The first-order valence-electron chi connectivity index (χ1n) is 9.12. The van der Waals surface area contributed by atoms with Crippen molar-refractivity contribution in [1.29, 1.82) is 0 Å². The molecular formula is C21H23F3N4. The van der Waals surface area contributed by atoms with Crippen LogP contribution in [0.5, 0.6) is 0 Å². The minimum absolute atomic E-state index is 0.0195. The normalized spacial score (nSPS) is 13.1. The third-order valence-corrected chi connectivity index (χ3v) is 4.72. The van der Waals surface area contributed by atoms with Gasteiger partial charge in [-0.1, -0.05) is 43.3 Å². The minimum Gasteiger partial charge on any atom is -0.368 e. The van der Waals surface area contributed by atoms with Crippen LogP contribution in [-0.4, -0.2) is 35.5 Å². The third-order valence-electron chi connectivity index (χ3n) is 4.72. The summed E-state index contributed by atoms with van der Waals surface area (Å²) in [4.78, 5) is 9.45. The molecule has 1 aromatic heterocycles. The fourth-order valence-corrected chi connectivity index (χ4v) is 3.11.